The van der Waals surface area contributed by atoms with Gasteiger partial charge in [-0.05, 0) is 48.9 Å². The number of nitrogens with zero attached hydrogens (tertiary/aromatic N) is 1. The Morgan fingerprint density at radius 1 is 0.973 bits per heavy atom. The minimum atomic E-state index is -0.950. The van der Waals surface area contributed by atoms with Gasteiger partial charge in [-0.25, -0.2) is 0 Å². The fourth-order valence-corrected chi connectivity index (χ4v) is 4.77. The van der Waals surface area contributed by atoms with Crippen LogP contribution in [0, 0.1) is 0 Å². The number of amides is 1. The molecule has 1 amide bonds. The number of anilines is 1. The average molecular weight is 497 g/mol. The van der Waals surface area contributed by atoms with Crippen LogP contribution in [0.2, 0.25) is 0 Å². The van der Waals surface area contributed by atoms with E-state index in [4.69, 9.17) is 4.74 Å². The number of ketones is 1. The van der Waals surface area contributed by atoms with Gasteiger partial charge in [-0.2, -0.15) is 0 Å². The summed E-state index contributed by atoms with van der Waals surface area (Å²) < 4.78 is 5.76. The highest BCUT2D eigenvalue weighted by atomic mass is 16.5. The number of nitrogens with one attached hydrogen (secondary N) is 1. The number of Topliss-reactive ketones (excluding diaryl/α,β-unsaturated/α-hetero) is 1. The number of aliphatic hydroxyl groups is 1. The zero-order valence-corrected chi connectivity index (χ0v) is 20.5. The Kier molecular flexibility index (Phi) is 6.68. The first kappa shape index (κ1) is 24.2. The first-order chi connectivity index (χ1) is 18.0. The predicted molar refractivity (Wildman–Crippen MR) is 143 cm³/mol. The number of unbranched alkanes of at least 4 members (excludes halogenated alkanes) is 2. The second kappa shape index (κ2) is 10.2. The third-order valence-corrected chi connectivity index (χ3v) is 6.65. The summed E-state index contributed by atoms with van der Waals surface area (Å²) >= 11 is 0. The highest BCUT2D eigenvalue weighted by Crippen LogP contribution is 2.46. The van der Waals surface area contributed by atoms with Crippen molar-refractivity contribution in [2.24, 2.45) is 0 Å². The highest BCUT2D eigenvalue weighted by molar-refractivity contribution is 6.52. The molecule has 1 aliphatic rings. The number of H-pyrrole nitrogens is 1. The van der Waals surface area contributed by atoms with Gasteiger partial charge in [-0.15, -0.1) is 0 Å². The van der Waals surface area contributed by atoms with Crippen molar-refractivity contribution in [1.29, 1.82) is 0 Å². The van der Waals surface area contributed by atoms with Gasteiger partial charge in [0, 0.05) is 28.2 Å². The minimum absolute atomic E-state index is 0.0466. The van der Waals surface area contributed by atoms with E-state index < -0.39 is 17.7 Å². The van der Waals surface area contributed by atoms with Crippen LogP contribution in [0.1, 0.15) is 43.4 Å². The number of fused-ring (bicyclic) bond motifs is 1. The Morgan fingerprint density at radius 2 is 1.70 bits per heavy atom. The molecule has 0 saturated carbocycles. The lowest BCUT2D eigenvalue weighted by atomic mass is 9.94. The van der Waals surface area contributed by atoms with Crippen LogP contribution in [0.5, 0.6) is 11.5 Å². The maximum absolute atomic E-state index is 13.4. The van der Waals surface area contributed by atoms with Crippen molar-refractivity contribution in [2.75, 3.05) is 11.5 Å². The van der Waals surface area contributed by atoms with Crippen molar-refractivity contribution in [3.8, 4) is 11.5 Å². The van der Waals surface area contributed by atoms with Gasteiger partial charge in [0.15, 0.2) is 0 Å². The van der Waals surface area contributed by atoms with E-state index in [1.165, 1.54) is 11.0 Å². The Hall–Kier alpha value is -4.52. The van der Waals surface area contributed by atoms with Gasteiger partial charge in [0.25, 0.3) is 11.7 Å². The van der Waals surface area contributed by atoms with Crippen molar-refractivity contribution in [1.82, 2.24) is 4.98 Å². The number of aromatic nitrogens is 1. The second-order valence-electron chi connectivity index (χ2n) is 9.03. The molecule has 3 N–H and O–H groups in total. The van der Waals surface area contributed by atoms with E-state index in [-0.39, 0.29) is 22.8 Å². The summed E-state index contributed by atoms with van der Waals surface area (Å²) in [6.07, 6.45) is 4.88. The summed E-state index contributed by atoms with van der Waals surface area (Å²) in [5.41, 5.74) is 1.99. The number of aliphatic hydroxyl groups excluding tert-OH is 1. The molecule has 7 nitrogen and oxygen atoms in total. The number of phenolic OH excluding ortho intramolecular Hbond substituents is 1. The van der Waals surface area contributed by atoms with Crippen LogP contribution in [0.3, 0.4) is 0 Å². The number of rotatable bonds is 8. The molecule has 3 aromatic carbocycles. The Balaban J connectivity index is 1.61. The normalized spacial score (nSPS) is 17.0. The molecule has 2 heterocycles. The van der Waals surface area contributed by atoms with Crippen molar-refractivity contribution in [3.63, 3.8) is 0 Å². The van der Waals surface area contributed by atoms with Crippen molar-refractivity contribution in [2.45, 2.75) is 32.2 Å². The summed E-state index contributed by atoms with van der Waals surface area (Å²) in [5, 5.41) is 22.8. The number of carbonyl (C=O) groups excluding carboxylic acids is 2. The summed E-state index contributed by atoms with van der Waals surface area (Å²) in [5.74, 6) is -1.41. The molecule has 0 radical (unpaired) electrons. The molecule has 188 valence electrons. The van der Waals surface area contributed by atoms with Crippen molar-refractivity contribution >= 4 is 34.0 Å². The number of phenols is 1. The maximum Gasteiger partial charge on any atom is 0.300 e. The van der Waals surface area contributed by atoms with E-state index in [0.29, 0.717) is 23.5 Å². The van der Waals surface area contributed by atoms with E-state index in [1.54, 1.807) is 48.7 Å². The van der Waals surface area contributed by atoms with E-state index in [9.17, 15) is 19.8 Å². The molecule has 1 saturated heterocycles. The van der Waals surface area contributed by atoms with Gasteiger partial charge < -0.3 is 19.9 Å². The smallest absolute Gasteiger partial charge is 0.300 e. The molecule has 7 heteroatoms. The van der Waals surface area contributed by atoms with Crippen LogP contribution in [0.15, 0.2) is 84.6 Å². The Labute approximate surface area is 214 Å². The Morgan fingerprint density at radius 3 is 2.46 bits per heavy atom. The van der Waals surface area contributed by atoms with E-state index in [0.717, 1.165) is 30.2 Å². The molecular formula is C30H28N2O5. The van der Waals surface area contributed by atoms with Crippen LogP contribution in [0.4, 0.5) is 5.69 Å². The third-order valence-electron chi connectivity index (χ3n) is 6.65. The minimum Gasteiger partial charge on any atom is -0.507 e. The zero-order valence-electron chi connectivity index (χ0n) is 20.5. The first-order valence-corrected chi connectivity index (χ1v) is 12.4. The third kappa shape index (κ3) is 4.44. The second-order valence-corrected chi connectivity index (χ2v) is 9.03. The number of ether oxygens (including phenoxy) is 1. The molecule has 1 atom stereocenters. The van der Waals surface area contributed by atoms with Crippen LogP contribution >= 0.6 is 0 Å². The lowest BCUT2D eigenvalue weighted by molar-refractivity contribution is -0.132. The SMILES string of the molecule is CCCCCOc1ccc(/C(O)=C2\C(=O)C(=O)N(c3ccccc3O)C2c2c[nH]c3ccccc23)cc1. The van der Waals surface area contributed by atoms with E-state index in [2.05, 4.69) is 11.9 Å². The molecular weight excluding hydrogens is 468 g/mol. The van der Waals surface area contributed by atoms with E-state index in [1.807, 2.05) is 24.3 Å². The van der Waals surface area contributed by atoms with Crippen molar-refractivity contribution in [3.05, 3.63) is 95.7 Å². The Bertz CT molecular complexity index is 1490. The molecule has 5 rings (SSSR count). The standard InChI is InChI=1S/C30H28N2O5/c1-2-3-8-17-37-20-15-13-19(14-16-20)28(34)26-27(22-18-31-23-10-5-4-9-21(22)23)32(30(36)29(26)35)24-11-6-7-12-25(24)33/h4-7,9-16,18,27,31,33-34H,2-3,8,17H2,1H3/b28-26+. The lowest BCUT2D eigenvalue weighted by Crippen LogP contribution is -2.29. The molecule has 0 aliphatic carbocycles. The van der Waals surface area contributed by atoms with Crippen LogP contribution in [-0.4, -0.2) is 33.5 Å². The number of hydrogen-bond acceptors (Lipinski definition) is 5. The van der Waals surface area contributed by atoms with E-state index >= 15 is 0 Å². The number of aromatic amines is 1. The number of hydrogen-bond donors (Lipinski definition) is 3. The molecule has 37 heavy (non-hydrogen) atoms. The largest absolute Gasteiger partial charge is 0.507 e. The van der Waals surface area contributed by atoms with Crippen LogP contribution in [-0.2, 0) is 9.59 Å². The monoisotopic (exact) mass is 496 g/mol. The van der Waals surface area contributed by atoms with Gasteiger partial charge in [-0.1, -0.05) is 50.1 Å². The molecule has 1 fully saturated rings. The fraction of sp³-hybridized carbons (Fsp3) is 0.200. The highest BCUT2D eigenvalue weighted by Gasteiger charge is 2.48. The zero-order chi connectivity index (χ0) is 25.9. The first-order valence-electron chi connectivity index (χ1n) is 12.4. The molecule has 0 bridgehead atoms. The molecule has 0 spiro atoms. The van der Waals surface area contributed by atoms with Gasteiger partial charge >= 0.3 is 0 Å². The van der Waals surface area contributed by atoms with Crippen LogP contribution in [0.25, 0.3) is 16.7 Å². The molecule has 1 aromatic heterocycles. The number of aromatic hydroxyl groups is 1. The van der Waals surface area contributed by atoms with Gasteiger partial charge in [0.2, 0.25) is 0 Å². The average Bonchev–Trinajstić information content (AvgIpc) is 3.45. The topological polar surface area (TPSA) is 103 Å². The fourth-order valence-electron chi connectivity index (χ4n) is 4.77. The van der Waals surface area contributed by atoms with Gasteiger partial charge in [-0.3, -0.25) is 14.5 Å². The predicted octanol–water partition coefficient (Wildman–Crippen LogP) is 6.07. The summed E-state index contributed by atoms with van der Waals surface area (Å²) in [6, 6.07) is 19.8. The molecule has 1 aliphatic heterocycles. The summed E-state index contributed by atoms with van der Waals surface area (Å²) in [4.78, 5) is 31.2. The van der Waals surface area contributed by atoms with Crippen LogP contribution < -0.4 is 9.64 Å². The maximum atomic E-state index is 13.4. The summed E-state index contributed by atoms with van der Waals surface area (Å²) in [6.45, 7) is 2.73. The van der Waals surface area contributed by atoms with Gasteiger partial charge in [0.05, 0.1) is 23.9 Å². The quantitative estimate of drug-likeness (QED) is 0.119. The number of para-hydroxylation sites is 3. The summed E-state index contributed by atoms with van der Waals surface area (Å²) in [7, 11) is 0. The lowest BCUT2D eigenvalue weighted by Gasteiger charge is -2.25. The number of benzene rings is 3. The van der Waals surface area contributed by atoms with Crippen molar-refractivity contribution < 1.29 is 24.5 Å². The molecule has 4 aromatic rings. The van der Waals surface area contributed by atoms with Gasteiger partial charge in [0.1, 0.15) is 17.3 Å². The number of carbonyl (C=O) groups is 2. The molecule has 1 unspecified atom stereocenters.